The molecule has 2 N–H and O–H groups in total. The second kappa shape index (κ2) is 12.0. The summed E-state index contributed by atoms with van der Waals surface area (Å²) in [5.41, 5.74) is 0. The van der Waals surface area contributed by atoms with Crippen LogP contribution in [-0.2, 0) is 4.74 Å². The van der Waals surface area contributed by atoms with Gasteiger partial charge < -0.3 is 15.4 Å². The maximum absolute atomic E-state index is 5.79. The molecular weight excluding hydrogens is 341 g/mol. The van der Waals surface area contributed by atoms with E-state index in [9.17, 15) is 0 Å². The fourth-order valence-electron chi connectivity index (χ4n) is 2.07. The SMILES string of the molecule is CCNC(=NCCCOC1CCCC1)NCC.I. The van der Waals surface area contributed by atoms with Crippen molar-refractivity contribution in [2.75, 3.05) is 26.2 Å². The molecule has 0 heterocycles. The zero-order valence-electron chi connectivity index (χ0n) is 11.7. The van der Waals surface area contributed by atoms with E-state index in [-0.39, 0.29) is 24.0 Å². The number of guanidine groups is 1. The van der Waals surface area contributed by atoms with Crippen molar-refractivity contribution in [2.45, 2.75) is 52.1 Å². The predicted octanol–water partition coefficient (Wildman–Crippen LogP) is 2.53. The van der Waals surface area contributed by atoms with E-state index in [1.807, 2.05) is 0 Å². The molecule has 0 bridgehead atoms. The number of aliphatic imine (C=N–C) groups is 1. The van der Waals surface area contributed by atoms with Crippen LogP contribution in [0.4, 0.5) is 0 Å². The Balaban J connectivity index is 0.00000289. The first-order valence-corrected chi connectivity index (χ1v) is 7.00. The van der Waals surface area contributed by atoms with Crippen LogP contribution >= 0.6 is 24.0 Å². The Morgan fingerprint density at radius 1 is 1.17 bits per heavy atom. The molecule has 0 unspecified atom stereocenters. The van der Waals surface area contributed by atoms with Crippen LogP contribution in [0.1, 0.15) is 46.0 Å². The number of halogens is 1. The lowest BCUT2D eigenvalue weighted by Gasteiger charge is -2.11. The van der Waals surface area contributed by atoms with Crippen molar-refractivity contribution in [3.8, 4) is 0 Å². The molecule has 1 aliphatic carbocycles. The van der Waals surface area contributed by atoms with E-state index in [1.54, 1.807) is 0 Å². The monoisotopic (exact) mass is 369 g/mol. The number of rotatable bonds is 7. The Labute approximate surface area is 128 Å². The standard InChI is InChI=1S/C13H27N3O.HI/c1-3-14-13(15-4-2)16-10-7-11-17-12-8-5-6-9-12;/h12H,3-11H2,1-2H3,(H2,14,15,16);1H. The summed E-state index contributed by atoms with van der Waals surface area (Å²) < 4.78 is 5.79. The lowest BCUT2D eigenvalue weighted by atomic mass is 10.3. The summed E-state index contributed by atoms with van der Waals surface area (Å²) in [5, 5.41) is 6.43. The molecule has 1 saturated carbocycles. The van der Waals surface area contributed by atoms with E-state index in [0.29, 0.717) is 6.10 Å². The normalized spacial score (nSPS) is 15.0. The molecule has 1 fully saturated rings. The number of hydrogen-bond donors (Lipinski definition) is 2. The van der Waals surface area contributed by atoms with Gasteiger partial charge in [0.05, 0.1) is 6.10 Å². The second-order valence-corrected chi connectivity index (χ2v) is 4.42. The minimum absolute atomic E-state index is 0. The maximum Gasteiger partial charge on any atom is 0.191 e. The van der Waals surface area contributed by atoms with Crippen LogP contribution in [0.2, 0.25) is 0 Å². The lowest BCUT2D eigenvalue weighted by Crippen LogP contribution is -2.37. The van der Waals surface area contributed by atoms with Crippen molar-refractivity contribution >= 4 is 29.9 Å². The highest BCUT2D eigenvalue weighted by Crippen LogP contribution is 2.20. The fraction of sp³-hybridized carbons (Fsp3) is 0.923. The van der Waals surface area contributed by atoms with Crippen molar-refractivity contribution in [1.82, 2.24) is 10.6 Å². The molecule has 0 aromatic rings. The largest absolute Gasteiger partial charge is 0.378 e. The summed E-state index contributed by atoms with van der Waals surface area (Å²) in [7, 11) is 0. The smallest absolute Gasteiger partial charge is 0.191 e. The molecule has 1 rings (SSSR count). The maximum atomic E-state index is 5.79. The Bertz CT molecular complexity index is 210. The lowest BCUT2D eigenvalue weighted by molar-refractivity contribution is 0.0579. The van der Waals surface area contributed by atoms with Gasteiger partial charge in [-0.3, -0.25) is 4.99 Å². The van der Waals surface area contributed by atoms with E-state index in [4.69, 9.17) is 4.74 Å². The summed E-state index contributed by atoms with van der Waals surface area (Å²) in [6, 6.07) is 0. The van der Waals surface area contributed by atoms with Crippen molar-refractivity contribution in [2.24, 2.45) is 4.99 Å². The first-order chi connectivity index (χ1) is 8.36. The minimum atomic E-state index is 0. The highest BCUT2D eigenvalue weighted by atomic mass is 127. The predicted molar refractivity (Wildman–Crippen MR) is 87.9 cm³/mol. The average molecular weight is 369 g/mol. The van der Waals surface area contributed by atoms with Crippen molar-refractivity contribution in [3.63, 3.8) is 0 Å². The van der Waals surface area contributed by atoms with Crippen LogP contribution in [0.15, 0.2) is 4.99 Å². The quantitative estimate of drug-likeness (QED) is 0.314. The Kier molecular flexibility index (Phi) is 12.0. The molecule has 0 aromatic heterocycles. The van der Waals surface area contributed by atoms with Crippen LogP contribution in [0.5, 0.6) is 0 Å². The Hall–Kier alpha value is -0.0400. The van der Waals surface area contributed by atoms with E-state index < -0.39 is 0 Å². The molecule has 5 heteroatoms. The van der Waals surface area contributed by atoms with Gasteiger partial charge >= 0.3 is 0 Å². The topological polar surface area (TPSA) is 45.7 Å². The third-order valence-corrected chi connectivity index (χ3v) is 2.92. The van der Waals surface area contributed by atoms with Crippen LogP contribution in [-0.4, -0.2) is 38.3 Å². The summed E-state index contributed by atoms with van der Waals surface area (Å²) in [4.78, 5) is 4.48. The van der Waals surface area contributed by atoms with E-state index in [1.165, 1.54) is 25.7 Å². The molecule has 0 amide bonds. The number of nitrogens with one attached hydrogen (secondary N) is 2. The highest BCUT2D eigenvalue weighted by Gasteiger charge is 2.14. The third kappa shape index (κ3) is 8.13. The molecule has 0 aliphatic heterocycles. The summed E-state index contributed by atoms with van der Waals surface area (Å²) >= 11 is 0. The van der Waals surface area contributed by atoms with Gasteiger partial charge in [0.15, 0.2) is 5.96 Å². The molecule has 1 aliphatic rings. The first-order valence-electron chi connectivity index (χ1n) is 7.00. The second-order valence-electron chi connectivity index (χ2n) is 4.42. The number of ether oxygens (including phenoxy) is 1. The van der Waals surface area contributed by atoms with Gasteiger partial charge in [-0.1, -0.05) is 12.8 Å². The molecule has 4 nitrogen and oxygen atoms in total. The molecule has 0 aromatic carbocycles. The van der Waals surface area contributed by atoms with Gasteiger partial charge in [-0.05, 0) is 33.1 Å². The minimum Gasteiger partial charge on any atom is -0.378 e. The van der Waals surface area contributed by atoms with Crippen molar-refractivity contribution in [1.29, 1.82) is 0 Å². The third-order valence-electron chi connectivity index (χ3n) is 2.92. The molecule has 108 valence electrons. The molecule has 18 heavy (non-hydrogen) atoms. The summed E-state index contributed by atoms with van der Waals surface area (Å²) in [6.07, 6.45) is 6.73. The van der Waals surface area contributed by atoms with Crippen LogP contribution in [0, 0.1) is 0 Å². The number of nitrogens with zero attached hydrogens (tertiary/aromatic N) is 1. The van der Waals surface area contributed by atoms with Gasteiger partial charge in [0.25, 0.3) is 0 Å². The van der Waals surface area contributed by atoms with Gasteiger partial charge in [-0.15, -0.1) is 24.0 Å². The van der Waals surface area contributed by atoms with Crippen molar-refractivity contribution < 1.29 is 4.74 Å². The average Bonchev–Trinajstić information content (AvgIpc) is 2.82. The zero-order chi connectivity index (χ0) is 12.3. The van der Waals surface area contributed by atoms with E-state index in [0.717, 1.165) is 38.6 Å². The highest BCUT2D eigenvalue weighted by molar-refractivity contribution is 14.0. The first kappa shape index (κ1) is 18.0. The molecule has 0 spiro atoms. The molecule has 0 radical (unpaired) electrons. The van der Waals surface area contributed by atoms with Gasteiger partial charge in [-0.25, -0.2) is 0 Å². The molecule has 0 atom stereocenters. The Morgan fingerprint density at radius 2 is 1.78 bits per heavy atom. The van der Waals surface area contributed by atoms with Crippen LogP contribution in [0.3, 0.4) is 0 Å². The summed E-state index contributed by atoms with van der Waals surface area (Å²) in [6.45, 7) is 7.66. The van der Waals surface area contributed by atoms with Gasteiger partial charge in [0.2, 0.25) is 0 Å². The molecule has 0 saturated heterocycles. The van der Waals surface area contributed by atoms with Crippen LogP contribution < -0.4 is 10.6 Å². The summed E-state index contributed by atoms with van der Waals surface area (Å²) in [5.74, 6) is 0.913. The van der Waals surface area contributed by atoms with E-state index in [2.05, 4.69) is 29.5 Å². The van der Waals surface area contributed by atoms with Crippen LogP contribution in [0.25, 0.3) is 0 Å². The number of hydrogen-bond acceptors (Lipinski definition) is 2. The van der Waals surface area contributed by atoms with Gasteiger partial charge in [0.1, 0.15) is 0 Å². The van der Waals surface area contributed by atoms with Gasteiger partial charge in [0, 0.05) is 26.2 Å². The zero-order valence-corrected chi connectivity index (χ0v) is 14.0. The van der Waals surface area contributed by atoms with E-state index >= 15 is 0 Å². The van der Waals surface area contributed by atoms with Crippen molar-refractivity contribution in [3.05, 3.63) is 0 Å². The van der Waals surface area contributed by atoms with Gasteiger partial charge in [-0.2, -0.15) is 0 Å². The Morgan fingerprint density at radius 3 is 2.33 bits per heavy atom. The fourth-order valence-corrected chi connectivity index (χ4v) is 2.07. The molecular formula is C13H28IN3O.